The largest absolute Gasteiger partial charge is 0.300 e. The van der Waals surface area contributed by atoms with Crippen LogP contribution in [-0.4, -0.2) is 18.1 Å². The minimum Gasteiger partial charge on any atom is -0.300 e. The molecule has 0 saturated heterocycles. The van der Waals surface area contributed by atoms with E-state index in [9.17, 15) is 13.6 Å². The van der Waals surface area contributed by atoms with Crippen LogP contribution in [0.1, 0.15) is 164 Å². The zero-order chi connectivity index (χ0) is 42.8. The number of alkyl halides is 2. The minimum absolute atomic E-state index is 0.179. The molecule has 62 heavy (non-hydrogen) atoms. The number of hydrogen-bond acceptors (Lipinski definition) is 1. The topological polar surface area (TPSA) is 17.1 Å². The molecule has 332 valence electrons. The summed E-state index contributed by atoms with van der Waals surface area (Å²) >= 11 is 0. The molecule has 4 aromatic rings. The van der Waals surface area contributed by atoms with Crippen molar-refractivity contribution in [3.8, 4) is 22.3 Å². The third kappa shape index (κ3) is 12.3. The molecule has 0 spiro atoms. The summed E-state index contributed by atoms with van der Waals surface area (Å²) in [6.45, 7) is 0. The van der Waals surface area contributed by atoms with Crippen LogP contribution in [0.4, 0.5) is 17.6 Å². The summed E-state index contributed by atoms with van der Waals surface area (Å²) < 4.78 is 57.9. The fourth-order valence-corrected chi connectivity index (χ4v) is 12.2. The molecule has 0 N–H and O–H groups in total. The van der Waals surface area contributed by atoms with Crippen molar-refractivity contribution in [3.05, 3.63) is 120 Å². The first-order valence-corrected chi connectivity index (χ1v) is 24.7. The molecule has 5 heteroatoms. The van der Waals surface area contributed by atoms with Crippen molar-refractivity contribution in [2.45, 2.75) is 165 Å². The van der Waals surface area contributed by atoms with Crippen LogP contribution >= 0.6 is 0 Å². The van der Waals surface area contributed by atoms with Crippen molar-refractivity contribution >= 4 is 5.78 Å². The lowest BCUT2D eigenvalue weighted by Gasteiger charge is -2.34. The Morgan fingerprint density at radius 2 is 0.694 bits per heavy atom. The highest BCUT2D eigenvalue weighted by molar-refractivity contribution is 5.78. The number of benzene rings is 4. The van der Waals surface area contributed by atoms with Gasteiger partial charge >= 0.3 is 0 Å². The van der Waals surface area contributed by atoms with Crippen molar-refractivity contribution in [1.82, 2.24) is 0 Å². The maximum absolute atomic E-state index is 15.6. The number of hydrogen-bond donors (Lipinski definition) is 0. The molecule has 1 nitrogen and oxygen atoms in total. The minimum atomic E-state index is -0.705. The van der Waals surface area contributed by atoms with Gasteiger partial charge in [-0.15, -0.1) is 0 Å². The lowest BCUT2D eigenvalue weighted by Crippen LogP contribution is -2.26. The third-order valence-electron chi connectivity index (χ3n) is 16.4. The van der Waals surface area contributed by atoms with Crippen molar-refractivity contribution in [2.75, 3.05) is 0 Å². The van der Waals surface area contributed by atoms with Crippen molar-refractivity contribution < 1.29 is 22.4 Å². The normalized spacial score (nSPS) is 27.9. The first kappa shape index (κ1) is 44.9. The number of ketones is 1. The Bertz CT molecular complexity index is 1800. The fraction of sp³-hybridized carbons (Fsp3) is 0.561. The summed E-state index contributed by atoms with van der Waals surface area (Å²) in [4.78, 5) is 13.0. The summed E-state index contributed by atoms with van der Waals surface area (Å²) in [5, 5.41) is 0. The van der Waals surface area contributed by atoms with E-state index in [0.29, 0.717) is 67.0 Å². The average molecular weight is 847 g/mol. The van der Waals surface area contributed by atoms with Gasteiger partial charge in [0.05, 0.1) is 0 Å². The highest BCUT2D eigenvalue weighted by atomic mass is 19.1. The first-order chi connectivity index (χ1) is 30.2. The van der Waals surface area contributed by atoms with E-state index in [1.165, 1.54) is 35.4 Å². The van der Waals surface area contributed by atoms with Gasteiger partial charge in [-0.2, -0.15) is 0 Å². The van der Waals surface area contributed by atoms with E-state index >= 15 is 8.78 Å². The standard InChI is InChI=1S/C57H70F4O/c58-53-31-27-49(28-32-53)47-23-19-45(20-24-47)43-11-5-41(6-12-43)37-56(60)51-15-1-39(2-16-51)9-35-55(62)36-10-40-3-17-52(18-4-40)57(61)38-42-7-13-44(14-8-42)46-21-25-48(26-22-46)50-29-33-54(59)34-30-50/h19-34,39-44,51-52,56-57H,1-18,35-38H2/t39-,40?,41-,42-,43-,44-,51-,52?,56?,57?. The number of rotatable bonds is 16. The number of carbonyl (C=O) groups is 1. The molecule has 0 aliphatic heterocycles. The molecule has 0 radical (unpaired) electrons. The second-order valence-corrected chi connectivity index (χ2v) is 20.4. The van der Waals surface area contributed by atoms with Gasteiger partial charge in [0.1, 0.15) is 29.8 Å². The Balaban J connectivity index is 0.652. The molecule has 4 fully saturated rings. The molecule has 2 unspecified atom stereocenters. The Hall–Kier alpha value is -3.73. The Morgan fingerprint density at radius 1 is 0.403 bits per heavy atom. The molecule has 4 aromatic carbocycles. The van der Waals surface area contributed by atoms with Gasteiger partial charge < -0.3 is 0 Å². The monoisotopic (exact) mass is 847 g/mol. The lowest BCUT2D eigenvalue weighted by molar-refractivity contribution is -0.119. The van der Waals surface area contributed by atoms with Gasteiger partial charge in [-0.3, -0.25) is 4.79 Å². The van der Waals surface area contributed by atoms with E-state index < -0.39 is 12.3 Å². The van der Waals surface area contributed by atoms with Gasteiger partial charge in [0.2, 0.25) is 0 Å². The Kier molecular flexibility index (Phi) is 15.8. The summed E-state index contributed by atoms with van der Waals surface area (Å²) in [5.74, 6) is 3.46. The highest BCUT2D eigenvalue weighted by Crippen LogP contribution is 2.44. The van der Waals surface area contributed by atoms with Crippen molar-refractivity contribution in [3.63, 3.8) is 0 Å². The van der Waals surface area contributed by atoms with Crippen LogP contribution in [0.3, 0.4) is 0 Å². The summed E-state index contributed by atoms with van der Waals surface area (Å²) in [6, 6.07) is 30.8. The SMILES string of the molecule is O=C(CCC1CCC(C(F)C[C@H]2CC[C@H](c3ccc(-c4ccc(F)cc4)cc3)CC2)CC1)CC[C@H]1CC[C@H](C(F)C[C@H]2CC[C@H](c3ccc(-c4ccc(F)cc4)cc3)CC2)CC1. The second kappa shape index (κ2) is 21.8. The van der Waals surface area contributed by atoms with Crippen LogP contribution in [0, 0.1) is 47.1 Å². The maximum Gasteiger partial charge on any atom is 0.132 e. The Morgan fingerprint density at radius 3 is 1.02 bits per heavy atom. The molecule has 0 amide bonds. The lowest BCUT2D eigenvalue weighted by atomic mass is 9.73. The first-order valence-electron chi connectivity index (χ1n) is 24.7. The molecule has 0 bridgehead atoms. The van der Waals surface area contributed by atoms with Crippen LogP contribution in [0.15, 0.2) is 97.1 Å². The average Bonchev–Trinajstić information content (AvgIpc) is 3.31. The van der Waals surface area contributed by atoms with E-state index in [2.05, 4.69) is 48.5 Å². The van der Waals surface area contributed by atoms with Gasteiger partial charge in [-0.05, 0) is 208 Å². The molecular formula is C57H70F4O. The van der Waals surface area contributed by atoms with Crippen LogP contribution in [0.25, 0.3) is 22.3 Å². The van der Waals surface area contributed by atoms with E-state index in [-0.39, 0.29) is 23.5 Å². The number of halogens is 4. The quantitative estimate of drug-likeness (QED) is 0.103. The van der Waals surface area contributed by atoms with E-state index in [1.54, 1.807) is 0 Å². The van der Waals surface area contributed by atoms with Crippen LogP contribution in [0.2, 0.25) is 0 Å². The molecule has 0 aromatic heterocycles. The van der Waals surface area contributed by atoms with Gasteiger partial charge in [0, 0.05) is 12.8 Å². The predicted molar refractivity (Wildman–Crippen MR) is 246 cm³/mol. The Labute approximate surface area is 369 Å². The summed E-state index contributed by atoms with van der Waals surface area (Å²) in [7, 11) is 0. The van der Waals surface area contributed by atoms with Crippen LogP contribution in [0.5, 0.6) is 0 Å². The maximum atomic E-state index is 15.6. The number of carbonyl (C=O) groups excluding carboxylic acids is 1. The zero-order valence-corrected chi connectivity index (χ0v) is 37.0. The molecule has 2 atom stereocenters. The van der Waals surface area contributed by atoms with Gasteiger partial charge in [0.25, 0.3) is 0 Å². The second-order valence-electron chi connectivity index (χ2n) is 20.4. The molecule has 4 saturated carbocycles. The fourth-order valence-electron chi connectivity index (χ4n) is 12.2. The van der Waals surface area contributed by atoms with E-state index in [1.807, 2.05) is 24.3 Å². The highest BCUT2D eigenvalue weighted by Gasteiger charge is 2.33. The summed E-state index contributed by atoms with van der Waals surface area (Å²) in [6.07, 6.45) is 20.2. The molecular weight excluding hydrogens is 777 g/mol. The van der Waals surface area contributed by atoms with Crippen molar-refractivity contribution in [1.29, 1.82) is 0 Å². The molecule has 0 heterocycles. The number of Topliss-reactive ketones (excluding diaryl/α,β-unsaturated/α-hetero) is 1. The van der Waals surface area contributed by atoms with Gasteiger partial charge in [0.15, 0.2) is 0 Å². The third-order valence-corrected chi connectivity index (χ3v) is 16.4. The van der Waals surface area contributed by atoms with Crippen LogP contribution < -0.4 is 0 Å². The van der Waals surface area contributed by atoms with E-state index in [0.717, 1.165) is 138 Å². The predicted octanol–water partition coefficient (Wildman–Crippen LogP) is 16.7. The van der Waals surface area contributed by atoms with Crippen LogP contribution in [-0.2, 0) is 4.79 Å². The molecule has 4 aliphatic rings. The van der Waals surface area contributed by atoms with Gasteiger partial charge in [-0.1, -0.05) is 98.5 Å². The summed E-state index contributed by atoms with van der Waals surface area (Å²) in [5.41, 5.74) is 6.99. The van der Waals surface area contributed by atoms with Gasteiger partial charge in [-0.25, -0.2) is 17.6 Å². The molecule has 8 rings (SSSR count). The smallest absolute Gasteiger partial charge is 0.132 e. The zero-order valence-electron chi connectivity index (χ0n) is 37.0. The van der Waals surface area contributed by atoms with E-state index in [4.69, 9.17) is 0 Å². The van der Waals surface area contributed by atoms with Crippen molar-refractivity contribution in [2.24, 2.45) is 35.5 Å². The molecule has 4 aliphatic carbocycles.